The molecule has 22 heavy (non-hydrogen) atoms. The zero-order valence-electron chi connectivity index (χ0n) is 12.7. The van der Waals surface area contributed by atoms with Gasteiger partial charge in [0.1, 0.15) is 0 Å². The van der Waals surface area contributed by atoms with Crippen LogP contribution >= 0.6 is 12.4 Å². The van der Waals surface area contributed by atoms with Gasteiger partial charge in [-0.15, -0.1) is 12.4 Å². The van der Waals surface area contributed by atoms with Gasteiger partial charge in [-0.1, -0.05) is 6.92 Å². The number of carbonyl (C=O) groups excluding carboxylic acids is 1. The molecule has 1 rings (SSSR count). The van der Waals surface area contributed by atoms with E-state index in [0.29, 0.717) is 6.42 Å². The van der Waals surface area contributed by atoms with E-state index < -0.39 is 42.0 Å². The zero-order valence-corrected chi connectivity index (χ0v) is 13.6. The first-order valence-corrected chi connectivity index (χ1v) is 6.79. The molecule has 0 aromatic heterocycles. The average Bonchev–Trinajstić information content (AvgIpc) is 2.72. The summed E-state index contributed by atoms with van der Waals surface area (Å²) in [7, 11) is 0. The number of nitrogens with zero attached hydrogens (tertiary/aromatic N) is 1. The van der Waals surface area contributed by atoms with Crippen LogP contribution in [0.1, 0.15) is 27.2 Å². The van der Waals surface area contributed by atoms with Crippen LogP contribution in [0, 0.1) is 11.8 Å². The third kappa shape index (κ3) is 5.64. The van der Waals surface area contributed by atoms with Crippen LogP contribution in [0.15, 0.2) is 0 Å². The second-order valence-corrected chi connectivity index (χ2v) is 6.07. The third-order valence-corrected chi connectivity index (χ3v) is 3.86. The van der Waals surface area contributed by atoms with E-state index >= 15 is 0 Å². The molecule has 9 heteroatoms. The van der Waals surface area contributed by atoms with Crippen LogP contribution in [-0.4, -0.2) is 53.2 Å². The van der Waals surface area contributed by atoms with E-state index in [1.807, 2.05) is 20.8 Å². The van der Waals surface area contributed by atoms with Crippen molar-refractivity contribution in [3.05, 3.63) is 0 Å². The molecule has 2 N–H and O–H groups in total. The Morgan fingerprint density at radius 1 is 1.27 bits per heavy atom. The summed E-state index contributed by atoms with van der Waals surface area (Å²) in [6.45, 7) is 4.57. The zero-order chi connectivity index (χ0) is 16.4. The van der Waals surface area contributed by atoms with Gasteiger partial charge in [0.2, 0.25) is 5.91 Å². The molecule has 1 aliphatic rings. The quantitative estimate of drug-likeness (QED) is 0.798. The fourth-order valence-electron chi connectivity index (χ4n) is 2.30. The SMILES string of the molecule is CCC(C)(C)NC(=O)CN1C[C@@H](C(F)(F)F)[C@H](C(=O)O)C1.Cl. The van der Waals surface area contributed by atoms with Crippen molar-refractivity contribution in [1.29, 1.82) is 0 Å². The Hall–Kier alpha value is -1.02. The van der Waals surface area contributed by atoms with Crippen molar-refractivity contribution in [2.45, 2.75) is 38.9 Å². The number of carboxylic acids is 1. The first-order chi connectivity index (χ1) is 9.46. The van der Waals surface area contributed by atoms with Crippen LogP contribution in [-0.2, 0) is 9.59 Å². The van der Waals surface area contributed by atoms with Crippen molar-refractivity contribution < 1.29 is 27.9 Å². The van der Waals surface area contributed by atoms with Crippen molar-refractivity contribution in [2.75, 3.05) is 19.6 Å². The van der Waals surface area contributed by atoms with Gasteiger partial charge < -0.3 is 10.4 Å². The first kappa shape index (κ1) is 21.0. The number of halogens is 4. The van der Waals surface area contributed by atoms with Crippen molar-refractivity contribution in [3.8, 4) is 0 Å². The van der Waals surface area contributed by atoms with Crippen molar-refractivity contribution >= 4 is 24.3 Å². The Labute approximate surface area is 133 Å². The van der Waals surface area contributed by atoms with Gasteiger partial charge in [-0.05, 0) is 20.3 Å². The highest BCUT2D eigenvalue weighted by atomic mass is 35.5. The second-order valence-electron chi connectivity index (χ2n) is 6.07. The summed E-state index contributed by atoms with van der Waals surface area (Å²) in [5.74, 6) is -5.32. The van der Waals surface area contributed by atoms with Crippen molar-refractivity contribution in [2.24, 2.45) is 11.8 Å². The summed E-state index contributed by atoms with van der Waals surface area (Å²) in [6, 6.07) is 0. The molecule has 5 nitrogen and oxygen atoms in total. The molecule has 0 aromatic carbocycles. The van der Waals surface area contributed by atoms with Gasteiger partial charge in [0, 0.05) is 18.6 Å². The number of alkyl halides is 3. The predicted molar refractivity (Wildman–Crippen MR) is 76.9 cm³/mol. The number of carbonyl (C=O) groups is 2. The summed E-state index contributed by atoms with van der Waals surface area (Å²) in [4.78, 5) is 24.0. The minimum Gasteiger partial charge on any atom is -0.481 e. The number of likely N-dealkylation sites (tertiary alicyclic amines) is 1. The lowest BCUT2D eigenvalue weighted by molar-refractivity contribution is -0.188. The molecule has 1 aliphatic heterocycles. The maximum absolute atomic E-state index is 12.8. The van der Waals surface area contributed by atoms with E-state index in [1.54, 1.807) is 0 Å². The predicted octanol–water partition coefficient (Wildman–Crippen LogP) is 1.91. The molecular formula is C13H22ClF3N2O3. The lowest BCUT2D eigenvalue weighted by atomic mass is 9.96. The van der Waals surface area contributed by atoms with Crippen LogP contribution < -0.4 is 5.32 Å². The monoisotopic (exact) mass is 346 g/mol. The van der Waals surface area contributed by atoms with Gasteiger partial charge >= 0.3 is 12.1 Å². The largest absolute Gasteiger partial charge is 0.481 e. The molecule has 1 amide bonds. The van der Waals surface area contributed by atoms with Gasteiger partial charge in [-0.2, -0.15) is 13.2 Å². The maximum atomic E-state index is 12.8. The fraction of sp³-hybridized carbons (Fsp3) is 0.846. The Morgan fingerprint density at radius 3 is 2.18 bits per heavy atom. The molecule has 0 spiro atoms. The van der Waals surface area contributed by atoms with Crippen LogP contribution in [0.5, 0.6) is 0 Å². The molecule has 0 bridgehead atoms. The summed E-state index contributed by atoms with van der Waals surface area (Å²) < 4.78 is 38.5. The number of carboxylic acid groups (broad SMARTS) is 1. The highest BCUT2D eigenvalue weighted by molar-refractivity contribution is 5.85. The molecule has 0 aromatic rings. The normalized spacial score (nSPS) is 23.0. The molecule has 2 atom stereocenters. The van der Waals surface area contributed by atoms with Gasteiger partial charge in [-0.3, -0.25) is 14.5 Å². The van der Waals surface area contributed by atoms with Crippen molar-refractivity contribution in [3.63, 3.8) is 0 Å². The maximum Gasteiger partial charge on any atom is 0.393 e. The van der Waals surface area contributed by atoms with E-state index in [1.165, 1.54) is 4.90 Å². The fourth-order valence-corrected chi connectivity index (χ4v) is 2.30. The number of aliphatic carboxylic acids is 1. The smallest absolute Gasteiger partial charge is 0.393 e. The molecule has 0 aliphatic carbocycles. The summed E-state index contributed by atoms with van der Waals surface area (Å²) in [6.07, 6.45) is -3.89. The van der Waals surface area contributed by atoms with Crippen LogP contribution in [0.4, 0.5) is 13.2 Å². The van der Waals surface area contributed by atoms with E-state index in [9.17, 15) is 22.8 Å². The molecule has 0 radical (unpaired) electrons. The third-order valence-electron chi connectivity index (χ3n) is 3.86. The van der Waals surface area contributed by atoms with E-state index in [0.717, 1.165) is 0 Å². The molecule has 1 saturated heterocycles. The van der Waals surface area contributed by atoms with Crippen LogP contribution in [0.2, 0.25) is 0 Å². The Morgan fingerprint density at radius 2 is 1.82 bits per heavy atom. The lowest BCUT2D eigenvalue weighted by Crippen LogP contribution is -2.47. The van der Waals surface area contributed by atoms with E-state index in [2.05, 4.69) is 5.32 Å². The Kier molecular flexibility index (Phi) is 7.15. The molecule has 0 unspecified atom stereocenters. The number of nitrogens with one attached hydrogen (secondary N) is 1. The van der Waals surface area contributed by atoms with Crippen molar-refractivity contribution in [1.82, 2.24) is 10.2 Å². The average molecular weight is 347 g/mol. The standard InChI is InChI=1S/C13H21F3N2O3.ClH/c1-4-12(2,3)17-10(19)7-18-5-8(11(20)21)9(6-18)13(14,15)16;/h8-9H,4-7H2,1-3H3,(H,17,19)(H,20,21);1H/t8-,9-;/m1./s1. The summed E-state index contributed by atoms with van der Waals surface area (Å²) >= 11 is 0. The molecule has 1 fully saturated rings. The number of hydrogen-bond donors (Lipinski definition) is 2. The van der Waals surface area contributed by atoms with E-state index in [4.69, 9.17) is 5.11 Å². The Bertz CT molecular complexity index is 416. The number of hydrogen-bond acceptors (Lipinski definition) is 3. The minimum absolute atomic E-state index is 0. The van der Waals surface area contributed by atoms with Crippen LogP contribution in [0.3, 0.4) is 0 Å². The van der Waals surface area contributed by atoms with Gasteiger partial charge in [0.25, 0.3) is 0 Å². The van der Waals surface area contributed by atoms with E-state index in [-0.39, 0.29) is 25.5 Å². The number of rotatable bonds is 5. The van der Waals surface area contributed by atoms with Gasteiger partial charge in [-0.25, -0.2) is 0 Å². The molecular weight excluding hydrogens is 325 g/mol. The Balaban J connectivity index is 0.00000441. The topological polar surface area (TPSA) is 69.6 Å². The molecule has 0 saturated carbocycles. The lowest BCUT2D eigenvalue weighted by Gasteiger charge is -2.26. The summed E-state index contributed by atoms with van der Waals surface area (Å²) in [5.41, 5.74) is -0.438. The second kappa shape index (κ2) is 7.50. The highest BCUT2D eigenvalue weighted by Crippen LogP contribution is 2.37. The van der Waals surface area contributed by atoms with Gasteiger partial charge in [0.15, 0.2) is 0 Å². The highest BCUT2D eigenvalue weighted by Gasteiger charge is 2.52. The van der Waals surface area contributed by atoms with Crippen LogP contribution in [0.25, 0.3) is 0 Å². The molecule has 130 valence electrons. The summed E-state index contributed by atoms with van der Waals surface area (Å²) in [5, 5.41) is 11.6. The van der Waals surface area contributed by atoms with Gasteiger partial charge in [0.05, 0.1) is 18.4 Å². The first-order valence-electron chi connectivity index (χ1n) is 6.79. The minimum atomic E-state index is -4.57. The number of amides is 1. The molecule has 1 heterocycles.